The third kappa shape index (κ3) is 6.27. The maximum absolute atomic E-state index is 12.1. The fourth-order valence-corrected chi connectivity index (χ4v) is 1.84. The lowest BCUT2D eigenvalue weighted by molar-refractivity contribution is -0.137. The molecule has 0 fully saturated rings. The van der Waals surface area contributed by atoms with Crippen LogP contribution in [0.25, 0.3) is 0 Å². The van der Waals surface area contributed by atoms with Crippen molar-refractivity contribution in [1.82, 2.24) is 4.90 Å². The van der Waals surface area contributed by atoms with Crippen molar-refractivity contribution in [3.05, 3.63) is 29.8 Å². The molecule has 0 saturated heterocycles. The van der Waals surface area contributed by atoms with E-state index in [1.165, 1.54) is 4.90 Å². The number of benzene rings is 1. The summed E-state index contributed by atoms with van der Waals surface area (Å²) in [6.07, 6.45) is 0. The number of amides is 2. The largest absolute Gasteiger partial charge is 0.484 e. The van der Waals surface area contributed by atoms with Crippen LogP contribution in [0.3, 0.4) is 0 Å². The van der Waals surface area contributed by atoms with Gasteiger partial charge in [-0.15, -0.1) is 0 Å². The zero-order valence-electron chi connectivity index (χ0n) is 12.5. The van der Waals surface area contributed by atoms with E-state index in [0.29, 0.717) is 18.8 Å². The van der Waals surface area contributed by atoms with E-state index in [9.17, 15) is 9.59 Å². The second-order valence-electron chi connectivity index (χ2n) is 5.27. The first-order valence-electron chi connectivity index (χ1n) is 6.90. The SMILES string of the molecule is CC(C)CN(CC(N)=O)C(=O)COc1ccc(CN)cc1. The lowest BCUT2D eigenvalue weighted by Crippen LogP contribution is -2.42. The molecule has 1 aromatic rings. The van der Waals surface area contributed by atoms with E-state index in [1.807, 2.05) is 26.0 Å². The number of primary amides is 1. The monoisotopic (exact) mass is 293 g/mol. The first kappa shape index (κ1) is 17.0. The number of hydrogen-bond acceptors (Lipinski definition) is 4. The van der Waals surface area contributed by atoms with Gasteiger partial charge in [0.1, 0.15) is 5.75 Å². The van der Waals surface area contributed by atoms with Crippen LogP contribution in [0, 0.1) is 5.92 Å². The lowest BCUT2D eigenvalue weighted by Gasteiger charge is -2.23. The minimum Gasteiger partial charge on any atom is -0.484 e. The highest BCUT2D eigenvalue weighted by Gasteiger charge is 2.17. The van der Waals surface area contributed by atoms with Crippen LogP contribution in [0.5, 0.6) is 5.75 Å². The van der Waals surface area contributed by atoms with E-state index in [4.69, 9.17) is 16.2 Å². The molecule has 0 aliphatic heterocycles. The molecule has 0 unspecified atom stereocenters. The molecule has 0 aromatic heterocycles. The Kier molecular flexibility index (Phi) is 6.68. The number of nitrogens with two attached hydrogens (primary N) is 2. The van der Waals surface area contributed by atoms with Crippen LogP contribution in [-0.4, -0.2) is 36.4 Å². The molecule has 6 heteroatoms. The standard InChI is InChI=1S/C15H23N3O3/c1-11(2)8-18(9-14(17)19)15(20)10-21-13-5-3-12(7-16)4-6-13/h3-6,11H,7-10,16H2,1-2H3,(H2,17,19). The summed E-state index contributed by atoms with van der Waals surface area (Å²) in [7, 11) is 0. The van der Waals surface area contributed by atoms with Crippen molar-refractivity contribution < 1.29 is 14.3 Å². The minimum absolute atomic E-state index is 0.0908. The third-order valence-corrected chi connectivity index (χ3v) is 2.81. The van der Waals surface area contributed by atoms with Gasteiger partial charge in [0.15, 0.2) is 6.61 Å². The summed E-state index contributed by atoms with van der Waals surface area (Å²) in [6.45, 7) is 4.65. The Morgan fingerprint density at radius 2 is 1.86 bits per heavy atom. The van der Waals surface area contributed by atoms with Gasteiger partial charge in [0.2, 0.25) is 5.91 Å². The molecule has 0 spiro atoms. The molecule has 2 amide bonds. The van der Waals surface area contributed by atoms with Crippen LogP contribution < -0.4 is 16.2 Å². The van der Waals surface area contributed by atoms with Crippen molar-refractivity contribution in [2.24, 2.45) is 17.4 Å². The van der Waals surface area contributed by atoms with Gasteiger partial charge in [-0.1, -0.05) is 26.0 Å². The maximum Gasteiger partial charge on any atom is 0.260 e. The number of nitrogens with zero attached hydrogens (tertiary/aromatic N) is 1. The van der Waals surface area contributed by atoms with Gasteiger partial charge in [-0.3, -0.25) is 9.59 Å². The van der Waals surface area contributed by atoms with E-state index >= 15 is 0 Å². The number of ether oxygens (including phenoxy) is 1. The van der Waals surface area contributed by atoms with Crippen molar-refractivity contribution >= 4 is 11.8 Å². The Morgan fingerprint density at radius 3 is 2.33 bits per heavy atom. The molecule has 116 valence electrons. The van der Waals surface area contributed by atoms with Crippen LogP contribution in [0.15, 0.2) is 24.3 Å². The highest BCUT2D eigenvalue weighted by atomic mass is 16.5. The molecule has 0 saturated carbocycles. The molecule has 0 aliphatic rings. The molecule has 1 aromatic carbocycles. The van der Waals surface area contributed by atoms with Gasteiger partial charge in [0.25, 0.3) is 5.91 Å². The number of carbonyl (C=O) groups excluding carboxylic acids is 2. The maximum atomic E-state index is 12.1. The first-order valence-corrected chi connectivity index (χ1v) is 6.90. The van der Waals surface area contributed by atoms with Crippen molar-refractivity contribution in [3.8, 4) is 5.75 Å². The van der Waals surface area contributed by atoms with E-state index in [2.05, 4.69) is 0 Å². The average Bonchev–Trinajstić information content (AvgIpc) is 2.43. The topological polar surface area (TPSA) is 98.6 Å². The van der Waals surface area contributed by atoms with Gasteiger partial charge >= 0.3 is 0 Å². The zero-order chi connectivity index (χ0) is 15.8. The van der Waals surface area contributed by atoms with E-state index < -0.39 is 5.91 Å². The van der Waals surface area contributed by atoms with Gasteiger partial charge in [-0.05, 0) is 23.6 Å². The van der Waals surface area contributed by atoms with Gasteiger partial charge < -0.3 is 21.1 Å². The number of carbonyl (C=O) groups is 2. The molecule has 4 N–H and O–H groups in total. The predicted octanol–water partition coefficient (Wildman–Crippen LogP) is 0.494. The Hall–Kier alpha value is -2.08. The summed E-state index contributed by atoms with van der Waals surface area (Å²) in [5, 5.41) is 0. The van der Waals surface area contributed by atoms with Crippen LogP contribution in [0.4, 0.5) is 0 Å². The highest BCUT2D eigenvalue weighted by Crippen LogP contribution is 2.12. The van der Waals surface area contributed by atoms with Gasteiger partial charge in [-0.2, -0.15) is 0 Å². The lowest BCUT2D eigenvalue weighted by atomic mass is 10.2. The van der Waals surface area contributed by atoms with Crippen molar-refractivity contribution in [1.29, 1.82) is 0 Å². The predicted molar refractivity (Wildman–Crippen MR) is 80.4 cm³/mol. The smallest absolute Gasteiger partial charge is 0.260 e. The number of hydrogen-bond donors (Lipinski definition) is 2. The van der Waals surface area contributed by atoms with Crippen LogP contribution >= 0.6 is 0 Å². The summed E-state index contributed by atoms with van der Waals surface area (Å²) in [5.74, 6) is 0.0444. The normalized spacial score (nSPS) is 10.5. The average molecular weight is 293 g/mol. The van der Waals surface area contributed by atoms with Gasteiger partial charge in [-0.25, -0.2) is 0 Å². The van der Waals surface area contributed by atoms with Crippen LogP contribution in [-0.2, 0) is 16.1 Å². The second kappa shape index (κ2) is 8.26. The summed E-state index contributed by atoms with van der Waals surface area (Å²) in [4.78, 5) is 24.5. The van der Waals surface area contributed by atoms with E-state index in [0.717, 1.165) is 5.56 Å². The van der Waals surface area contributed by atoms with Gasteiger partial charge in [0, 0.05) is 13.1 Å². The summed E-state index contributed by atoms with van der Waals surface area (Å²) < 4.78 is 5.43. The summed E-state index contributed by atoms with van der Waals surface area (Å²) in [5.41, 5.74) is 11.7. The zero-order valence-corrected chi connectivity index (χ0v) is 12.5. The van der Waals surface area contributed by atoms with Crippen LogP contribution in [0.1, 0.15) is 19.4 Å². The molecule has 21 heavy (non-hydrogen) atoms. The molecule has 6 nitrogen and oxygen atoms in total. The first-order chi connectivity index (χ1) is 9.92. The van der Waals surface area contributed by atoms with Crippen LogP contribution in [0.2, 0.25) is 0 Å². The Labute approximate surface area is 125 Å². The van der Waals surface area contributed by atoms with E-state index in [1.54, 1.807) is 12.1 Å². The molecule has 0 heterocycles. The molecule has 1 rings (SSSR count). The Balaban J connectivity index is 2.57. The number of rotatable bonds is 8. The van der Waals surface area contributed by atoms with Gasteiger partial charge in [0.05, 0.1) is 6.54 Å². The molecular weight excluding hydrogens is 270 g/mol. The van der Waals surface area contributed by atoms with Crippen molar-refractivity contribution in [3.63, 3.8) is 0 Å². The molecule has 0 radical (unpaired) electrons. The third-order valence-electron chi connectivity index (χ3n) is 2.81. The molecular formula is C15H23N3O3. The van der Waals surface area contributed by atoms with Crippen molar-refractivity contribution in [2.75, 3.05) is 19.7 Å². The molecule has 0 atom stereocenters. The quantitative estimate of drug-likeness (QED) is 0.729. The summed E-state index contributed by atoms with van der Waals surface area (Å²) in [6, 6.07) is 7.21. The Morgan fingerprint density at radius 1 is 1.24 bits per heavy atom. The van der Waals surface area contributed by atoms with E-state index in [-0.39, 0.29) is 25.0 Å². The minimum atomic E-state index is -0.531. The highest BCUT2D eigenvalue weighted by molar-refractivity contribution is 5.84. The Bertz CT molecular complexity index is 472. The summed E-state index contributed by atoms with van der Waals surface area (Å²) >= 11 is 0. The molecule has 0 bridgehead atoms. The second-order valence-corrected chi connectivity index (χ2v) is 5.27. The van der Waals surface area contributed by atoms with Crippen molar-refractivity contribution in [2.45, 2.75) is 20.4 Å². The fourth-order valence-electron chi connectivity index (χ4n) is 1.84. The fraction of sp³-hybridized carbons (Fsp3) is 0.467. The molecule has 0 aliphatic carbocycles.